The Morgan fingerprint density at radius 2 is 1.85 bits per heavy atom. The highest BCUT2D eigenvalue weighted by atomic mass is 32.2. The number of fused-ring (bicyclic) bond motifs is 1. The minimum absolute atomic E-state index is 0.120. The van der Waals surface area contributed by atoms with Crippen molar-refractivity contribution in [2.24, 2.45) is 0 Å². The molecule has 0 bridgehead atoms. The summed E-state index contributed by atoms with van der Waals surface area (Å²) >= 11 is 0. The van der Waals surface area contributed by atoms with Crippen molar-refractivity contribution in [3.8, 4) is 0 Å². The van der Waals surface area contributed by atoms with E-state index in [-0.39, 0.29) is 21.5 Å². The maximum atomic E-state index is 12.5. The van der Waals surface area contributed by atoms with E-state index in [2.05, 4.69) is 9.97 Å². The maximum Gasteiger partial charge on any atom is 0.269 e. The summed E-state index contributed by atoms with van der Waals surface area (Å²) in [6, 6.07) is 7.94. The third-order valence-corrected chi connectivity index (χ3v) is 4.71. The highest BCUT2D eigenvalue weighted by molar-refractivity contribution is 7.90. The number of aromatic nitrogens is 3. The molecule has 0 radical (unpaired) electrons. The molecular weight excluding hydrogens is 278 g/mol. The maximum absolute atomic E-state index is 12.5. The van der Waals surface area contributed by atoms with Crippen molar-refractivity contribution in [3.63, 3.8) is 0 Å². The molecule has 0 spiro atoms. The summed E-state index contributed by atoms with van der Waals surface area (Å²) in [6.07, 6.45) is 2.52. The van der Waals surface area contributed by atoms with Crippen molar-refractivity contribution < 1.29 is 8.42 Å². The zero-order valence-electron chi connectivity index (χ0n) is 10.6. The monoisotopic (exact) mass is 289 g/mol. The van der Waals surface area contributed by atoms with Crippen LogP contribution >= 0.6 is 0 Å². The highest BCUT2D eigenvalue weighted by Crippen LogP contribution is 2.18. The molecule has 0 aliphatic rings. The lowest BCUT2D eigenvalue weighted by Crippen LogP contribution is -2.14. The van der Waals surface area contributed by atoms with E-state index in [1.807, 2.05) is 6.92 Å². The van der Waals surface area contributed by atoms with Crippen LogP contribution in [0.15, 0.2) is 52.5 Å². The molecule has 6 nitrogen and oxygen atoms in total. The second kappa shape index (κ2) is 4.31. The first-order chi connectivity index (χ1) is 9.50. The van der Waals surface area contributed by atoms with Crippen LogP contribution in [0.3, 0.4) is 0 Å². The summed E-state index contributed by atoms with van der Waals surface area (Å²) in [6.45, 7) is 1.88. The molecule has 0 aliphatic carbocycles. The van der Waals surface area contributed by atoms with Gasteiger partial charge < -0.3 is 4.98 Å². The fourth-order valence-electron chi connectivity index (χ4n) is 1.96. The molecule has 2 heterocycles. The van der Waals surface area contributed by atoms with Crippen LogP contribution in [0.4, 0.5) is 0 Å². The number of benzene rings is 1. The molecule has 20 heavy (non-hydrogen) atoms. The number of nitrogens with zero attached hydrogens (tertiary/aromatic N) is 2. The highest BCUT2D eigenvalue weighted by Gasteiger charge is 2.20. The van der Waals surface area contributed by atoms with Gasteiger partial charge in [-0.25, -0.2) is 17.4 Å². The average molecular weight is 289 g/mol. The Morgan fingerprint density at radius 1 is 1.15 bits per heavy atom. The van der Waals surface area contributed by atoms with E-state index < -0.39 is 10.0 Å². The Balaban J connectivity index is 2.27. The summed E-state index contributed by atoms with van der Waals surface area (Å²) in [5.41, 5.74) is 0.720. The quantitative estimate of drug-likeness (QED) is 0.770. The summed E-state index contributed by atoms with van der Waals surface area (Å²) < 4.78 is 26.1. The Labute approximate surface area is 114 Å². The van der Waals surface area contributed by atoms with E-state index in [4.69, 9.17) is 0 Å². The molecule has 2 aromatic heterocycles. The van der Waals surface area contributed by atoms with Crippen LogP contribution in [-0.4, -0.2) is 22.4 Å². The Kier molecular flexibility index (Phi) is 2.72. The molecular formula is C13H11N3O3S. The van der Waals surface area contributed by atoms with Gasteiger partial charge in [0.1, 0.15) is 0 Å². The smallest absolute Gasteiger partial charge is 0.269 e. The van der Waals surface area contributed by atoms with Gasteiger partial charge in [-0.15, -0.1) is 0 Å². The van der Waals surface area contributed by atoms with Gasteiger partial charge in [0.15, 0.2) is 5.65 Å². The predicted octanol–water partition coefficient (Wildman–Crippen LogP) is 1.27. The molecule has 0 fully saturated rings. The minimum Gasteiger partial charge on any atom is -0.313 e. The second-order valence-electron chi connectivity index (χ2n) is 4.40. The first-order valence-electron chi connectivity index (χ1n) is 5.87. The molecule has 7 heteroatoms. The van der Waals surface area contributed by atoms with E-state index in [0.29, 0.717) is 0 Å². The lowest BCUT2D eigenvalue weighted by Gasteiger charge is -2.06. The van der Waals surface area contributed by atoms with Gasteiger partial charge in [0, 0.05) is 6.20 Å². The molecule has 3 rings (SSSR count). The molecule has 0 saturated heterocycles. The van der Waals surface area contributed by atoms with Crippen LogP contribution < -0.4 is 5.56 Å². The Morgan fingerprint density at radius 3 is 2.55 bits per heavy atom. The van der Waals surface area contributed by atoms with Crippen LogP contribution in [0.5, 0.6) is 0 Å². The lowest BCUT2D eigenvalue weighted by molar-refractivity contribution is 0.588. The summed E-state index contributed by atoms with van der Waals surface area (Å²) in [5.74, 6) is 0. The Hall–Kier alpha value is -2.41. The molecule has 3 aromatic rings. The van der Waals surface area contributed by atoms with Crippen LogP contribution in [0.25, 0.3) is 11.0 Å². The third kappa shape index (κ3) is 1.83. The van der Waals surface area contributed by atoms with Crippen molar-refractivity contribution in [3.05, 3.63) is 58.8 Å². The molecule has 0 aliphatic heterocycles. The van der Waals surface area contributed by atoms with Gasteiger partial charge in [-0.3, -0.25) is 4.79 Å². The number of nitrogens with one attached hydrogen (secondary N) is 1. The normalized spacial score (nSPS) is 11.8. The molecule has 0 saturated carbocycles. The van der Waals surface area contributed by atoms with E-state index in [0.717, 1.165) is 9.54 Å². The zero-order chi connectivity index (χ0) is 14.3. The van der Waals surface area contributed by atoms with Gasteiger partial charge in [-0.05, 0) is 25.1 Å². The van der Waals surface area contributed by atoms with Crippen LogP contribution in [0, 0.1) is 6.92 Å². The van der Waals surface area contributed by atoms with Crippen LogP contribution in [0.2, 0.25) is 0 Å². The summed E-state index contributed by atoms with van der Waals surface area (Å²) in [5, 5.41) is 0.239. The standard InChI is InChI=1S/C13H11N3O3S/c1-9-2-4-10(5-3-9)20(18,19)16-7-6-11-12(16)14-8-15-13(11)17/h2-8H,1H3,(H,14,15,17). The van der Waals surface area contributed by atoms with Gasteiger partial charge in [0.2, 0.25) is 0 Å². The van der Waals surface area contributed by atoms with Crippen molar-refractivity contribution in [1.29, 1.82) is 0 Å². The van der Waals surface area contributed by atoms with Crippen molar-refractivity contribution in [1.82, 2.24) is 13.9 Å². The number of H-pyrrole nitrogens is 1. The second-order valence-corrected chi connectivity index (χ2v) is 6.21. The van der Waals surface area contributed by atoms with Gasteiger partial charge in [-0.2, -0.15) is 0 Å². The molecule has 0 atom stereocenters. The largest absolute Gasteiger partial charge is 0.313 e. The SMILES string of the molecule is Cc1ccc(S(=O)(=O)n2ccc3c(=O)[nH]cnc32)cc1. The predicted molar refractivity (Wildman–Crippen MR) is 74.1 cm³/mol. The average Bonchev–Trinajstić information content (AvgIpc) is 2.85. The lowest BCUT2D eigenvalue weighted by atomic mass is 10.2. The van der Waals surface area contributed by atoms with Crippen molar-refractivity contribution in [2.75, 3.05) is 0 Å². The van der Waals surface area contributed by atoms with Crippen molar-refractivity contribution >= 4 is 21.1 Å². The fourth-order valence-corrected chi connectivity index (χ4v) is 3.26. The molecule has 1 N–H and O–H groups in total. The number of aromatic amines is 1. The molecule has 0 amide bonds. The topological polar surface area (TPSA) is 84.8 Å². The van der Waals surface area contributed by atoms with E-state index in [9.17, 15) is 13.2 Å². The number of hydrogen-bond donors (Lipinski definition) is 1. The summed E-state index contributed by atoms with van der Waals surface area (Å²) in [4.78, 5) is 18.1. The van der Waals surface area contributed by atoms with Gasteiger partial charge >= 0.3 is 0 Å². The van der Waals surface area contributed by atoms with E-state index >= 15 is 0 Å². The number of hydrogen-bond acceptors (Lipinski definition) is 4. The van der Waals surface area contributed by atoms with Gasteiger partial charge in [-0.1, -0.05) is 17.7 Å². The van der Waals surface area contributed by atoms with E-state index in [1.54, 1.807) is 12.1 Å². The minimum atomic E-state index is -3.75. The summed E-state index contributed by atoms with van der Waals surface area (Å²) in [7, 11) is -3.75. The Bertz CT molecular complexity index is 937. The van der Waals surface area contributed by atoms with Crippen molar-refractivity contribution in [2.45, 2.75) is 11.8 Å². The van der Waals surface area contributed by atoms with Gasteiger partial charge in [0.25, 0.3) is 15.6 Å². The van der Waals surface area contributed by atoms with E-state index in [1.165, 1.54) is 30.7 Å². The van der Waals surface area contributed by atoms with Crippen LogP contribution in [0.1, 0.15) is 5.56 Å². The number of aryl methyl sites for hydroxylation is 1. The first-order valence-corrected chi connectivity index (χ1v) is 7.31. The first kappa shape index (κ1) is 12.6. The molecule has 102 valence electrons. The third-order valence-electron chi connectivity index (χ3n) is 3.03. The van der Waals surface area contributed by atoms with Crippen LogP contribution in [-0.2, 0) is 10.0 Å². The molecule has 1 aromatic carbocycles. The van der Waals surface area contributed by atoms with Gasteiger partial charge in [0.05, 0.1) is 16.6 Å². The number of rotatable bonds is 2. The zero-order valence-corrected chi connectivity index (χ0v) is 11.4. The fraction of sp³-hybridized carbons (Fsp3) is 0.0769. The molecule has 0 unspecified atom stereocenters.